The lowest BCUT2D eigenvalue weighted by Crippen LogP contribution is -2.10. The predicted octanol–water partition coefficient (Wildman–Crippen LogP) is 5.00. The molecule has 0 unspecified atom stereocenters. The number of tetrazole rings is 1. The van der Waals surface area contributed by atoms with E-state index in [1.54, 1.807) is 28.9 Å². The molecule has 30 heavy (non-hydrogen) atoms. The number of alkyl halides is 3. The number of nitrogens with zero attached hydrogens (tertiary/aromatic N) is 4. The van der Waals surface area contributed by atoms with Crippen LogP contribution in [0.5, 0.6) is 0 Å². The fourth-order valence-corrected chi connectivity index (χ4v) is 3.16. The summed E-state index contributed by atoms with van der Waals surface area (Å²) in [6, 6.07) is 10.8. The van der Waals surface area contributed by atoms with Gasteiger partial charge in [-0.15, -0.1) is 5.10 Å². The average Bonchev–Trinajstić information content (AvgIpc) is 3.43. The van der Waals surface area contributed by atoms with Gasteiger partial charge in [0.2, 0.25) is 5.91 Å². The Morgan fingerprint density at radius 2 is 1.97 bits per heavy atom. The molecule has 0 saturated heterocycles. The Morgan fingerprint density at radius 3 is 2.70 bits per heavy atom. The van der Waals surface area contributed by atoms with Gasteiger partial charge < -0.3 is 5.32 Å². The SMILES string of the molecule is O=C(/C=C/c1ccc(Cl)c(C(F)(F)F)c1)Nc1ccccc1-c1nnnn1C1CC1. The normalized spacial score (nSPS) is 14.3. The third kappa shape index (κ3) is 4.35. The first kappa shape index (κ1) is 20.1. The van der Waals surface area contributed by atoms with E-state index < -0.39 is 22.7 Å². The zero-order valence-electron chi connectivity index (χ0n) is 15.4. The third-order valence-electron chi connectivity index (χ3n) is 4.53. The molecule has 1 aliphatic rings. The number of carbonyl (C=O) groups excluding carboxylic acids is 1. The topological polar surface area (TPSA) is 72.7 Å². The second kappa shape index (κ2) is 7.91. The minimum Gasteiger partial charge on any atom is -0.322 e. The van der Waals surface area contributed by atoms with Crippen LogP contribution in [0.15, 0.2) is 48.5 Å². The summed E-state index contributed by atoms with van der Waals surface area (Å²) in [6.07, 6.45) is -0.137. The Morgan fingerprint density at radius 1 is 1.20 bits per heavy atom. The molecule has 6 nitrogen and oxygen atoms in total. The molecular weight excluding hydrogens is 419 g/mol. The van der Waals surface area contributed by atoms with Crippen molar-refractivity contribution in [2.75, 3.05) is 5.32 Å². The number of hydrogen-bond donors (Lipinski definition) is 1. The summed E-state index contributed by atoms with van der Waals surface area (Å²) < 4.78 is 40.7. The van der Waals surface area contributed by atoms with Crippen LogP contribution in [0.4, 0.5) is 18.9 Å². The monoisotopic (exact) mass is 433 g/mol. The van der Waals surface area contributed by atoms with E-state index in [0.717, 1.165) is 31.1 Å². The summed E-state index contributed by atoms with van der Waals surface area (Å²) in [4.78, 5) is 12.4. The second-order valence-electron chi connectivity index (χ2n) is 6.78. The number of benzene rings is 2. The van der Waals surface area contributed by atoms with Crippen LogP contribution >= 0.6 is 11.6 Å². The largest absolute Gasteiger partial charge is 0.417 e. The molecule has 1 saturated carbocycles. The molecule has 1 aromatic heterocycles. The summed E-state index contributed by atoms with van der Waals surface area (Å²) in [5, 5.41) is 14.1. The Balaban J connectivity index is 1.54. The number of halogens is 4. The number of nitrogens with one attached hydrogen (secondary N) is 1. The number of anilines is 1. The molecule has 1 heterocycles. The first-order chi connectivity index (χ1) is 14.3. The average molecular weight is 434 g/mol. The smallest absolute Gasteiger partial charge is 0.322 e. The molecule has 1 N–H and O–H groups in total. The Labute approximate surface area is 174 Å². The molecule has 1 amide bonds. The molecule has 10 heteroatoms. The fraction of sp³-hybridized carbons (Fsp3) is 0.200. The number of amides is 1. The van der Waals surface area contributed by atoms with Crippen LogP contribution in [0.1, 0.15) is 30.0 Å². The second-order valence-corrected chi connectivity index (χ2v) is 7.19. The summed E-state index contributed by atoms with van der Waals surface area (Å²) in [5.41, 5.74) is 0.398. The van der Waals surface area contributed by atoms with Crippen molar-refractivity contribution in [3.8, 4) is 11.4 Å². The van der Waals surface area contributed by atoms with Gasteiger partial charge in [0, 0.05) is 11.6 Å². The number of carbonyl (C=O) groups is 1. The maximum atomic E-state index is 13.0. The Bertz CT molecular complexity index is 1120. The minimum atomic E-state index is -4.58. The Hall–Kier alpha value is -3.20. The lowest BCUT2D eigenvalue weighted by atomic mass is 10.1. The summed E-state index contributed by atoms with van der Waals surface area (Å²) in [7, 11) is 0. The van der Waals surface area contributed by atoms with Crippen molar-refractivity contribution < 1.29 is 18.0 Å². The molecule has 4 rings (SSSR count). The molecule has 0 bridgehead atoms. The first-order valence-electron chi connectivity index (χ1n) is 9.06. The highest BCUT2D eigenvalue weighted by atomic mass is 35.5. The summed E-state index contributed by atoms with van der Waals surface area (Å²) >= 11 is 5.62. The molecule has 2 aromatic carbocycles. The number of hydrogen-bond acceptors (Lipinski definition) is 4. The standard InChI is InChI=1S/C20H15ClF3N5O/c21-16-9-5-12(11-15(16)20(22,23)24)6-10-18(30)25-17-4-2-1-3-14(17)19-26-27-28-29(19)13-7-8-13/h1-6,9-11,13H,7-8H2,(H,25,30)/b10-6+. The van der Waals surface area contributed by atoms with Crippen molar-refractivity contribution in [3.05, 3.63) is 64.7 Å². The van der Waals surface area contributed by atoms with Crippen LogP contribution in [0, 0.1) is 0 Å². The van der Waals surface area contributed by atoms with E-state index in [4.69, 9.17) is 11.6 Å². The molecule has 3 aromatic rings. The van der Waals surface area contributed by atoms with Crippen LogP contribution in [0.25, 0.3) is 17.5 Å². The van der Waals surface area contributed by atoms with E-state index in [0.29, 0.717) is 17.1 Å². The molecule has 0 aliphatic heterocycles. The number of aromatic nitrogens is 4. The van der Waals surface area contributed by atoms with Gasteiger partial charge in [0.05, 0.1) is 22.3 Å². The Kier molecular flexibility index (Phi) is 5.29. The van der Waals surface area contributed by atoms with E-state index in [1.807, 2.05) is 0 Å². The quantitative estimate of drug-likeness (QED) is 0.575. The molecular formula is C20H15ClF3N5O. The number of rotatable bonds is 5. The lowest BCUT2D eigenvalue weighted by Gasteiger charge is -2.10. The van der Waals surface area contributed by atoms with Gasteiger partial charge in [-0.3, -0.25) is 4.79 Å². The highest BCUT2D eigenvalue weighted by molar-refractivity contribution is 6.31. The zero-order chi connectivity index (χ0) is 21.3. The van der Waals surface area contributed by atoms with Crippen LogP contribution in [0.2, 0.25) is 5.02 Å². The predicted molar refractivity (Wildman–Crippen MR) is 106 cm³/mol. The van der Waals surface area contributed by atoms with Gasteiger partial charge in [0.15, 0.2) is 5.82 Å². The van der Waals surface area contributed by atoms with Gasteiger partial charge in [0.1, 0.15) is 0 Å². The first-order valence-corrected chi connectivity index (χ1v) is 9.44. The third-order valence-corrected chi connectivity index (χ3v) is 4.86. The highest BCUT2D eigenvalue weighted by Gasteiger charge is 2.33. The van der Waals surface area contributed by atoms with E-state index in [9.17, 15) is 18.0 Å². The fourth-order valence-electron chi connectivity index (χ4n) is 2.93. The van der Waals surface area contributed by atoms with Crippen LogP contribution in [-0.4, -0.2) is 26.1 Å². The van der Waals surface area contributed by atoms with E-state index in [-0.39, 0.29) is 11.6 Å². The van der Waals surface area contributed by atoms with Crippen molar-refractivity contribution in [2.24, 2.45) is 0 Å². The van der Waals surface area contributed by atoms with Crippen LogP contribution in [0.3, 0.4) is 0 Å². The molecule has 0 atom stereocenters. The van der Waals surface area contributed by atoms with Crippen molar-refractivity contribution in [1.82, 2.24) is 20.2 Å². The van der Waals surface area contributed by atoms with Crippen molar-refractivity contribution in [2.45, 2.75) is 25.1 Å². The van der Waals surface area contributed by atoms with Gasteiger partial charge in [-0.25, -0.2) is 4.68 Å². The molecule has 0 spiro atoms. The van der Waals surface area contributed by atoms with Gasteiger partial charge in [-0.2, -0.15) is 13.2 Å². The molecule has 1 fully saturated rings. The van der Waals surface area contributed by atoms with Crippen LogP contribution in [-0.2, 0) is 11.0 Å². The highest BCUT2D eigenvalue weighted by Crippen LogP contribution is 2.38. The van der Waals surface area contributed by atoms with Crippen molar-refractivity contribution >= 4 is 29.3 Å². The molecule has 0 radical (unpaired) electrons. The maximum Gasteiger partial charge on any atom is 0.417 e. The molecule has 1 aliphatic carbocycles. The maximum absolute atomic E-state index is 13.0. The van der Waals surface area contributed by atoms with Gasteiger partial charge in [-0.1, -0.05) is 29.8 Å². The van der Waals surface area contributed by atoms with E-state index >= 15 is 0 Å². The summed E-state index contributed by atoms with van der Waals surface area (Å²) in [5.74, 6) is 0.0429. The summed E-state index contributed by atoms with van der Waals surface area (Å²) in [6.45, 7) is 0. The lowest BCUT2D eigenvalue weighted by molar-refractivity contribution is -0.137. The molecule has 154 valence electrons. The van der Waals surface area contributed by atoms with E-state index in [1.165, 1.54) is 12.1 Å². The van der Waals surface area contributed by atoms with Gasteiger partial charge in [0.25, 0.3) is 0 Å². The van der Waals surface area contributed by atoms with E-state index in [2.05, 4.69) is 20.8 Å². The van der Waals surface area contributed by atoms with Gasteiger partial charge in [-0.05, 0) is 59.2 Å². The van der Waals surface area contributed by atoms with Gasteiger partial charge >= 0.3 is 6.18 Å². The van der Waals surface area contributed by atoms with Crippen LogP contribution < -0.4 is 5.32 Å². The van der Waals surface area contributed by atoms with Crippen molar-refractivity contribution in [1.29, 1.82) is 0 Å². The minimum absolute atomic E-state index is 0.202. The zero-order valence-corrected chi connectivity index (χ0v) is 16.2. The number of para-hydroxylation sites is 1. The van der Waals surface area contributed by atoms with Crippen molar-refractivity contribution in [3.63, 3.8) is 0 Å².